The third-order valence-corrected chi connectivity index (χ3v) is 8.32. The number of amides is 4. The number of benzene rings is 3. The van der Waals surface area contributed by atoms with E-state index in [0.29, 0.717) is 31.7 Å². The quantitative estimate of drug-likeness (QED) is 0.192. The van der Waals surface area contributed by atoms with Crippen molar-refractivity contribution in [1.29, 1.82) is 0 Å². The maximum atomic E-state index is 13.8. The Balaban J connectivity index is 1.30. The molecule has 0 spiro atoms. The molecule has 0 unspecified atom stereocenters. The van der Waals surface area contributed by atoms with Crippen molar-refractivity contribution >= 4 is 34.6 Å². The van der Waals surface area contributed by atoms with Gasteiger partial charge in [0.1, 0.15) is 18.7 Å². The second-order valence-corrected chi connectivity index (χ2v) is 11.7. The Hall–Kier alpha value is -4.44. The first-order chi connectivity index (χ1) is 21.4. The van der Waals surface area contributed by atoms with Gasteiger partial charge in [0, 0.05) is 18.9 Å². The Kier molecular flexibility index (Phi) is 10.5. The van der Waals surface area contributed by atoms with Gasteiger partial charge >= 0.3 is 6.09 Å². The monoisotopic (exact) mass is 600 g/mol. The molecule has 3 aromatic rings. The lowest BCUT2D eigenvalue weighted by Gasteiger charge is -2.26. The minimum atomic E-state index is -1.02. The highest BCUT2D eigenvalue weighted by atomic mass is 16.5. The Labute approximate surface area is 256 Å². The van der Waals surface area contributed by atoms with Crippen LogP contribution in [-0.4, -0.2) is 60.2 Å². The molecule has 4 atom stereocenters. The maximum Gasteiger partial charge on any atom is 0.408 e. The summed E-state index contributed by atoms with van der Waals surface area (Å²) in [6.45, 7) is 0.302. The van der Waals surface area contributed by atoms with Crippen LogP contribution in [0, 0.1) is 11.8 Å². The van der Waals surface area contributed by atoms with Crippen LogP contribution in [0.1, 0.15) is 43.2 Å². The number of carbonyl (C=O) groups excluding carboxylic acids is 4. The largest absolute Gasteiger partial charge is 0.445 e. The number of aliphatic hydroxyl groups is 1. The summed E-state index contributed by atoms with van der Waals surface area (Å²) in [6, 6.07) is 20.4. The zero-order valence-electron chi connectivity index (χ0n) is 24.7. The Morgan fingerprint density at radius 1 is 0.841 bits per heavy atom. The SMILES string of the molecule is O=C(N[C@@H](Cc1cccc2ccccc12)C(=O)N[C@@H](CC1CC1)C(=O)N[C@H](CO)C[C@@H]1CCNC1=O)OCc1ccccc1. The number of fused-ring (bicyclic) bond motifs is 1. The number of ether oxygens (including phenoxy) is 1. The second-order valence-electron chi connectivity index (χ2n) is 11.7. The maximum absolute atomic E-state index is 13.8. The van der Waals surface area contributed by atoms with Gasteiger partial charge in [0.2, 0.25) is 17.7 Å². The molecule has 2 aliphatic rings. The average molecular weight is 601 g/mol. The van der Waals surface area contributed by atoms with Crippen molar-refractivity contribution in [2.45, 2.75) is 63.3 Å². The predicted octanol–water partition coefficient (Wildman–Crippen LogP) is 2.97. The fraction of sp³-hybridized carbons (Fsp3) is 0.412. The van der Waals surface area contributed by atoms with Gasteiger partial charge in [0.15, 0.2) is 0 Å². The summed E-state index contributed by atoms with van der Waals surface area (Å²) in [6.07, 6.45) is 2.78. The predicted molar refractivity (Wildman–Crippen MR) is 165 cm³/mol. The summed E-state index contributed by atoms with van der Waals surface area (Å²) in [5.41, 5.74) is 1.68. The van der Waals surface area contributed by atoms with Crippen molar-refractivity contribution < 1.29 is 29.0 Å². The van der Waals surface area contributed by atoms with Crippen molar-refractivity contribution in [3.63, 3.8) is 0 Å². The zero-order valence-corrected chi connectivity index (χ0v) is 24.7. The topological polar surface area (TPSA) is 146 Å². The number of aliphatic hydroxyl groups excluding tert-OH is 1. The highest BCUT2D eigenvalue weighted by molar-refractivity contribution is 5.93. The van der Waals surface area contributed by atoms with Crippen LogP contribution >= 0.6 is 0 Å². The molecule has 1 saturated heterocycles. The molecule has 10 nitrogen and oxygen atoms in total. The smallest absolute Gasteiger partial charge is 0.408 e. The molecule has 3 aromatic carbocycles. The molecule has 0 bridgehead atoms. The Bertz CT molecular complexity index is 1460. The molecule has 10 heteroatoms. The fourth-order valence-electron chi connectivity index (χ4n) is 5.69. The summed E-state index contributed by atoms with van der Waals surface area (Å²) in [5.74, 6) is -0.980. The molecule has 5 N–H and O–H groups in total. The van der Waals surface area contributed by atoms with Gasteiger partial charge in [-0.3, -0.25) is 14.4 Å². The number of hydrogen-bond donors (Lipinski definition) is 5. The number of hydrogen-bond acceptors (Lipinski definition) is 6. The third kappa shape index (κ3) is 8.57. The van der Waals surface area contributed by atoms with Crippen LogP contribution in [-0.2, 0) is 32.1 Å². The molecule has 1 aliphatic carbocycles. The standard InChI is InChI=1S/C34H40N4O6/c39-20-27(18-26-15-16-35-31(26)40)36-32(41)29(17-22-13-14-22)37-33(42)30(38-34(43)44-21-23-7-2-1-3-8-23)19-25-11-6-10-24-9-4-5-12-28(24)25/h1-12,22,26-27,29-30,39H,13-21H2,(H,35,40)(H,36,41)(H,37,42)(H,38,43)/t26-,27-,29-,30-/m0/s1. The number of rotatable bonds is 14. The average Bonchev–Trinajstić information content (AvgIpc) is 3.78. The molecule has 1 saturated carbocycles. The van der Waals surface area contributed by atoms with Gasteiger partial charge in [0.05, 0.1) is 12.6 Å². The molecular weight excluding hydrogens is 560 g/mol. The third-order valence-electron chi connectivity index (χ3n) is 8.32. The van der Waals surface area contributed by atoms with E-state index in [4.69, 9.17) is 4.74 Å². The van der Waals surface area contributed by atoms with Gasteiger partial charge in [-0.25, -0.2) is 4.79 Å². The van der Waals surface area contributed by atoms with Crippen LogP contribution in [0.25, 0.3) is 10.8 Å². The van der Waals surface area contributed by atoms with Gasteiger partial charge < -0.3 is 31.1 Å². The second kappa shape index (κ2) is 14.8. The minimum absolute atomic E-state index is 0.0452. The van der Waals surface area contributed by atoms with Crippen LogP contribution in [0.5, 0.6) is 0 Å². The summed E-state index contributed by atoms with van der Waals surface area (Å²) in [7, 11) is 0. The molecule has 1 aliphatic heterocycles. The minimum Gasteiger partial charge on any atom is -0.445 e. The van der Waals surface area contributed by atoms with Crippen LogP contribution in [0.4, 0.5) is 4.79 Å². The molecule has 2 fully saturated rings. The van der Waals surface area contributed by atoms with E-state index in [1.54, 1.807) is 0 Å². The highest BCUT2D eigenvalue weighted by Gasteiger charge is 2.34. The van der Waals surface area contributed by atoms with Gasteiger partial charge in [-0.05, 0) is 47.1 Å². The summed E-state index contributed by atoms with van der Waals surface area (Å²) < 4.78 is 5.43. The highest BCUT2D eigenvalue weighted by Crippen LogP contribution is 2.33. The number of carbonyl (C=O) groups is 4. The molecule has 0 aromatic heterocycles. The van der Waals surface area contributed by atoms with Crippen molar-refractivity contribution in [3.05, 3.63) is 83.9 Å². The number of alkyl carbamates (subject to hydrolysis) is 1. The van der Waals surface area contributed by atoms with E-state index in [1.807, 2.05) is 72.8 Å². The first-order valence-electron chi connectivity index (χ1n) is 15.3. The van der Waals surface area contributed by atoms with Crippen LogP contribution in [0.15, 0.2) is 72.8 Å². The molecular formula is C34H40N4O6. The lowest BCUT2D eigenvalue weighted by molar-refractivity contribution is -0.131. The molecule has 232 valence electrons. The van der Waals surface area contributed by atoms with E-state index in [2.05, 4.69) is 21.3 Å². The van der Waals surface area contributed by atoms with Gasteiger partial charge in [-0.15, -0.1) is 0 Å². The Morgan fingerprint density at radius 3 is 2.30 bits per heavy atom. The van der Waals surface area contributed by atoms with E-state index < -0.39 is 36.0 Å². The zero-order chi connectivity index (χ0) is 30.9. The molecule has 5 rings (SSSR count). The lowest BCUT2D eigenvalue weighted by atomic mass is 9.97. The van der Waals surface area contributed by atoms with Gasteiger partial charge in [-0.1, -0.05) is 85.6 Å². The van der Waals surface area contributed by atoms with Crippen molar-refractivity contribution in [3.8, 4) is 0 Å². The fourth-order valence-corrected chi connectivity index (χ4v) is 5.69. The summed E-state index contributed by atoms with van der Waals surface area (Å²) in [5, 5.41) is 23.2. The molecule has 1 heterocycles. The molecule has 4 amide bonds. The van der Waals surface area contributed by atoms with E-state index in [9.17, 15) is 24.3 Å². The van der Waals surface area contributed by atoms with Crippen LogP contribution in [0.2, 0.25) is 0 Å². The molecule has 44 heavy (non-hydrogen) atoms. The normalized spacial score (nSPS) is 18.1. The lowest BCUT2D eigenvalue weighted by Crippen LogP contribution is -2.56. The van der Waals surface area contributed by atoms with Gasteiger partial charge in [0.25, 0.3) is 0 Å². The van der Waals surface area contributed by atoms with Crippen LogP contribution in [0.3, 0.4) is 0 Å². The molecule has 0 radical (unpaired) electrons. The van der Waals surface area contributed by atoms with Crippen LogP contribution < -0.4 is 21.3 Å². The number of nitrogens with one attached hydrogen (secondary N) is 4. The van der Waals surface area contributed by atoms with E-state index in [0.717, 1.165) is 34.7 Å². The summed E-state index contributed by atoms with van der Waals surface area (Å²) in [4.78, 5) is 52.3. The van der Waals surface area contributed by atoms with Gasteiger partial charge in [-0.2, -0.15) is 0 Å². The Morgan fingerprint density at radius 2 is 1.57 bits per heavy atom. The van der Waals surface area contributed by atoms with Crippen molar-refractivity contribution in [2.24, 2.45) is 11.8 Å². The first kappa shape index (κ1) is 31.0. The van der Waals surface area contributed by atoms with E-state index in [1.165, 1.54) is 0 Å². The van der Waals surface area contributed by atoms with Crippen molar-refractivity contribution in [1.82, 2.24) is 21.3 Å². The van der Waals surface area contributed by atoms with E-state index >= 15 is 0 Å². The van der Waals surface area contributed by atoms with E-state index in [-0.39, 0.29) is 31.5 Å². The van der Waals surface area contributed by atoms with Crippen molar-refractivity contribution in [2.75, 3.05) is 13.2 Å². The summed E-state index contributed by atoms with van der Waals surface area (Å²) >= 11 is 0. The first-order valence-corrected chi connectivity index (χ1v) is 15.3.